The topological polar surface area (TPSA) is 61.4 Å². The molecule has 1 aromatic carbocycles. The molecule has 1 aromatic heterocycles. The maximum absolute atomic E-state index is 12.6. The number of likely N-dealkylation sites (N-methyl/N-ethyl adjacent to an activating group) is 1. The van der Waals surface area contributed by atoms with Crippen LogP contribution in [0.2, 0.25) is 10.0 Å². The number of amides is 1. The third-order valence-electron chi connectivity index (χ3n) is 4.06. The van der Waals surface area contributed by atoms with Crippen LogP contribution in [0, 0.1) is 6.92 Å². The molecule has 25 heavy (non-hydrogen) atoms. The molecule has 6 nitrogen and oxygen atoms in total. The predicted octanol–water partition coefficient (Wildman–Crippen LogP) is 3.10. The number of benzene rings is 1. The lowest BCUT2D eigenvalue weighted by atomic mass is 10.2. The summed E-state index contributed by atoms with van der Waals surface area (Å²) < 4.78 is 0. The summed E-state index contributed by atoms with van der Waals surface area (Å²) in [5.41, 5.74) is 0.758. The fraction of sp³-hybridized carbons (Fsp3) is 0.353. The molecule has 1 aliphatic rings. The Morgan fingerprint density at radius 2 is 1.84 bits per heavy atom. The molecule has 1 fully saturated rings. The van der Waals surface area contributed by atoms with Gasteiger partial charge in [0.2, 0.25) is 0 Å². The Labute approximate surface area is 156 Å². The normalized spacial score (nSPS) is 15.3. The molecule has 1 N–H and O–H groups in total. The summed E-state index contributed by atoms with van der Waals surface area (Å²) in [5.74, 6) is 0.978. The smallest absolute Gasteiger partial charge is 0.274 e. The number of carbonyl (C=O) groups excluding carboxylic acids is 1. The molecule has 2 heterocycles. The van der Waals surface area contributed by atoms with Crippen LogP contribution in [0.1, 0.15) is 16.3 Å². The molecular weight excluding hydrogens is 361 g/mol. The van der Waals surface area contributed by atoms with Crippen LogP contribution in [0.4, 0.5) is 11.5 Å². The molecule has 0 unspecified atom stereocenters. The summed E-state index contributed by atoms with van der Waals surface area (Å²) in [5, 5.41) is 3.68. The number of rotatable bonds is 3. The van der Waals surface area contributed by atoms with E-state index in [-0.39, 0.29) is 5.91 Å². The van der Waals surface area contributed by atoms with Crippen molar-refractivity contribution in [3.05, 3.63) is 45.8 Å². The second kappa shape index (κ2) is 7.56. The summed E-state index contributed by atoms with van der Waals surface area (Å²) >= 11 is 12.1. The van der Waals surface area contributed by atoms with Crippen LogP contribution in [0.5, 0.6) is 0 Å². The summed E-state index contributed by atoms with van der Waals surface area (Å²) in [6.07, 6.45) is 0. The molecule has 132 valence electrons. The van der Waals surface area contributed by atoms with Crippen LogP contribution >= 0.6 is 23.2 Å². The third kappa shape index (κ3) is 4.39. The third-order valence-corrected chi connectivity index (χ3v) is 4.63. The standard InChI is InChI=1S/C17H19Cl2N5O/c1-11-20-15(10-16(21-11)24-7-5-23(2)6-8-24)17(25)22-14-9-12(18)3-4-13(14)19/h3-4,9-10H,5-8H2,1-2H3,(H,22,25). The highest BCUT2D eigenvalue weighted by Gasteiger charge is 2.19. The Balaban J connectivity index is 1.82. The minimum atomic E-state index is -0.343. The Morgan fingerprint density at radius 3 is 2.56 bits per heavy atom. The van der Waals surface area contributed by atoms with Gasteiger partial charge in [-0.25, -0.2) is 9.97 Å². The maximum atomic E-state index is 12.6. The SMILES string of the molecule is Cc1nc(C(=O)Nc2cc(Cl)ccc2Cl)cc(N2CCN(C)CC2)n1. The quantitative estimate of drug-likeness (QED) is 0.887. The summed E-state index contributed by atoms with van der Waals surface area (Å²) in [7, 11) is 2.09. The van der Waals surface area contributed by atoms with E-state index in [1.807, 2.05) is 0 Å². The minimum Gasteiger partial charge on any atom is -0.354 e. The lowest BCUT2D eigenvalue weighted by molar-refractivity contribution is 0.102. The molecule has 0 bridgehead atoms. The van der Waals surface area contributed by atoms with Crippen molar-refractivity contribution < 1.29 is 4.79 Å². The van der Waals surface area contributed by atoms with E-state index in [2.05, 4.69) is 32.1 Å². The average molecular weight is 380 g/mol. The van der Waals surface area contributed by atoms with Gasteiger partial charge in [-0.15, -0.1) is 0 Å². The molecule has 0 aliphatic carbocycles. The fourth-order valence-corrected chi connectivity index (χ4v) is 2.98. The van der Waals surface area contributed by atoms with Crippen LogP contribution in [0.25, 0.3) is 0 Å². The van der Waals surface area contributed by atoms with Crippen molar-refractivity contribution >= 4 is 40.6 Å². The highest BCUT2D eigenvalue weighted by Crippen LogP contribution is 2.26. The van der Waals surface area contributed by atoms with Crippen molar-refractivity contribution in [1.29, 1.82) is 0 Å². The van der Waals surface area contributed by atoms with Crippen LogP contribution in [-0.2, 0) is 0 Å². The number of hydrogen-bond donors (Lipinski definition) is 1. The molecule has 3 rings (SSSR count). The number of hydrogen-bond acceptors (Lipinski definition) is 5. The number of anilines is 2. The minimum absolute atomic E-state index is 0.303. The van der Waals surface area contributed by atoms with E-state index >= 15 is 0 Å². The van der Waals surface area contributed by atoms with Gasteiger partial charge in [0.15, 0.2) is 0 Å². The van der Waals surface area contributed by atoms with E-state index in [0.29, 0.717) is 27.3 Å². The lowest BCUT2D eigenvalue weighted by Crippen LogP contribution is -2.45. The number of nitrogens with one attached hydrogen (secondary N) is 1. The van der Waals surface area contributed by atoms with Crippen molar-refractivity contribution in [1.82, 2.24) is 14.9 Å². The molecular formula is C17H19Cl2N5O. The van der Waals surface area contributed by atoms with E-state index in [1.165, 1.54) is 0 Å². The summed E-state index contributed by atoms with van der Waals surface area (Å²) in [6.45, 7) is 5.44. The van der Waals surface area contributed by atoms with E-state index in [0.717, 1.165) is 32.0 Å². The van der Waals surface area contributed by atoms with Gasteiger partial charge in [-0.1, -0.05) is 23.2 Å². The van der Waals surface area contributed by atoms with Gasteiger partial charge < -0.3 is 15.1 Å². The molecule has 0 atom stereocenters. The second-order valence-electron chi connectivity index (χ2n) is 6.03. The maximum Gasteiger partial charge on any atom is 0.274 e. The zero-order valence-corrected chi connectivity index (χ0v) is 15.6. The van der Waals surface area contributed by atoms with Gasteiger partial charge in [0.25, 0.3) is 5.91 Å². The van der Waals surface area contributed by atoms with Gasteiger partial charge in [-0.2, -0.15) is 0 Å². The zero-order valence-electron chi connectivity index (χ0n) is 14.1. The monoisotopic (exact) mass is 379 g/mol. The first-order chi connectivity index (χ1) is 11.9. The zero-order chi connectivity index (χ0) is 18.0. The van der Waals surface area contributed by atoms with Gasteiger partial charge in [-0.05, 0) is 32.2 Å². The van der Waals surface area contributed by atoms with E-state index in [4.69, 9.17) is 23.2 Å². The van der Waals surface area contributed by atoms with Crippen LogP contribution in [0.3, 0.4) is 0 Å². The van der Waals surface area contributed by atoms with E-state index in [9.17, 15) is 4.79 Å². The number of halogens is 2. The van der Waals surface area contributed by atoms with Crippen molar-refractivity contribution in [3.8, 4) is 0 Å². The number of aryl methyl sites for hydroxylation is 1. The molecule has 8 heteroatoms. The number of piperazine rings is 1. The Kier molecular flexibility index (Phi) is 5.42. The van der Waals surface area contributed by atoms with E-state index in [1.54, 1.807) is 31.2 Å². The second-order valence-corrected chi connectivity index (χ2v) is 6.87. The number of aromatic nitrogens is 2. The molecule has 1 amide bonds. The first kappa shape index (κ1) is 17.9. The van der Waals surface area contributed by atoms with Gasteiger partial charge >= 0.3 is 0 Å². The number of nitrogens with zero attached hydrogens (tertiary/aromatic N) is 4. The largest absolute Gasteiger partial charge is 0.354 e. The summed E-state index contributed by atoms with van der Waals surface area (Å²) in [6, 6.07) is 6.63. The average Bonchev–Trinajstić information content (AvgIpc) is 2.58. The van der Waals surface area contributed by atoms with Crippen LogP contribution < -0.4 is 10.2 Å². The fourth-order valence-electron chi connectivity index (χ4n) is 2.65. The summed E-state index contributed by atoms with van der Waals surface area (Å²) in [4.78, 5) is 25.7. The van der Waals surface area contributed by atoms with Crippen LogP contribution in [0.15, 0.2) is 24.3 Å². The molecule has 0 radical (unpaired) electrons. The molecule has 0 spiro atoms. The van der Waals surface area contributed by atoms with Crippen molar-refractivity contribution in [2.45, 2.75) is 6.92 Å². The van der Waals surface area contributed by atoms with E-state index < -0.39 is 0 Å². The van der Waals surface area contributed by atoms with Gasteiger partial charge in [-0.3, -0.25) is 4.79 Å². The van der Waals surface area contributed by atoms with Crippen molar-refractivity contribution in [3.63, 3.8) is 0 Å². The lowest BCUT2D eigenvalue weighted by Gasteiger charge is -2.33. The Morgan fingerprint density at radius 1 is 1.12 bits per heavy atom. The molecule has 1 aliphatic heterocycles. The highest BCUT2D eigenvalue weighted by molar-refractivity contribution is 6.35. The molecule has 2 aromatic rings. The van der Waals surface area contributed by atoms with Crippen molar-refractivity contribution in [2.24, 2.45) is 0 Å². The highest BCUT2D eigenvalue weighted by atomic mass is 35.5. The number of carbonyl (C=O) groups is 1. The van der Waals surface area contributed by atoms with Crippen molar-refractivity contribution in [2.75, 3.05) is 43.4 Å². The molecule has 0 saturated carbocycles. The molecule has 1 saturated heterocycles. The van der Waals surface area contributed by atoms with Gasteiger partial charge in [0.1, 0.15) is 17.3 Å². The first-order valence-corrected chi connectivity index (χ1v) is 8.73. The first-order valence-electron chi connectivity index (χ1n) is 7.98. The van der Waals surface area contributed by atoms with Gasteiger partial charge in [0, 0.05) is 37.3 Å². The van der Waals surface area contributed by atoms with Crippen LogP contribution in [-0.4, -0.2) is 54.0 Å². The Bertz CT molecular complexity index is 791. The Hall–Kier alpha value is -1.89. The van der Waals surface area contributed by atoms with Gasteiger partial charge in [0.05, 0.1) is 10.7 Å². The predicted molar refractivity (Wildman–Crippen MR) is 101 cm³/mol.